The van der Waals surface area contributed by atoms with E-state index in [-0.39, 0.29) is 6.61 Å². The average molecular weight is 354 g/mol. The topological polar surface area (TPSA) is 85.2 Å². The quantitative estimate of drug-likeness (QED) is 0.537. The minimum atomic E-state index is -0.431. The molecule has 0 radical (unpaired) electrons. The molecular weight excluding hydrogens is 332 g/mol. The number of hydrogen-bond acceptors (Lipinski definition) is 7. The largest absolute Gasteiger partial charge is 0.462 e. The molecule has 8 heteroatoms. The lowest BCUT2D eigenvalue weighted by atomic mass is 10.0. The van der Waals surface area contributed by atoms with E-state index in [2.05, 4.69) is 15.7 Å². The smallest absolute Gasteiger partial charge is 0.342 e. The van der Waals surface area contributed by atoms with Crippen LogP contribution in [-0.2, 0) is 11.3 Å². The fraction of sp³-hybridized carbons (Fsp3) is 0.333. The highest BCUT2D eigenvalue weighted by Crippen LogP contribution is 2.33. The second-order valence-electron chi connectivity index (χ2n) is 5.63. The number of carbonyl (C=O) groups is 1. The first-order valence-electron chi connectivity index (χ1n) is 8.53. The van der Waals surface area contributed by atoms with Crippen LogP contribution >= 0.6 is 0 Å². The van der Waals surface area contributed by atoms with Gasteiger partial charge in [0.2, 0.25) is 0 Å². The first-order valence-corrected chi connectivity index (χ1v) is 8.53. The molecule has 0 saturated carbocycles. The van der Waals surface area contributed by atoms with Crippen molar-refractivity contribution >= 4 is 22.8 Å². The molecule has 0 unspecified atom stereocenters. The number of nitrogens with zero attached hydrogens (tertiary/aromatic N) is 5. The van der Waals surface area contributed by atoms with Gasteiger partial charge in [0.05, 0.1) is 12.3 Å². The Morgan fingerprint density at radius 2 is 2.00 bits per heavy atom. The predicted molar refractivity (Wildman–Crippen MR) is 99.9 cm³/mol. The SMILES string of the molecule is CCOC(=O)c1c(-c2ccccc2)nc(N(C)NC)c2nnn(CC)c12. The van der Waals surface area contributed by atoms with E-state index in [0.29, 0.717) is 34.7 Å². The van der Waals surface area contributed by atoms with Crippen molar-refractivity contribution in [3.63, 3.8) is 0 Å². The van der Waals surface area contributed by atoms with Crippen LogP contribution in [0.3, 0.4) is 0 Å². The summed E-state index contributed by atoms with van der Waals surface area (Å²) in [5, 5.41) is 10.2. The maximum atomic E-state index is 12.8. The maximum absolute atomic E-state index is 12.8. The van der Waals surface area contributed by atoms with Gasteiger partial charge in [-0.15, -0.1) is 5.10 Å². The van der Waals surface area contributed by atoms with Gasteiger partial charge in [-0.05, 0) is 13.8 Å². The number of fused-ring (bicyclic) bond motifs is 1. The molecule has 8 nitrogen and oxygen atoms in total. The Bertz CT molecular complexity index is 922. The van der Waals surface area contributed by atoms with Crippen molar-refractivity contribution in [1.29, 1.82) is 0 Å². The normalized spacial score (nSPS) is 10.9. The maximum Gasteiger partial charge on any atom is 0.342 e. The van der Waals surface area contributed by atoms with E-state index in [4.69, 9.17) is 9.72 Å². The summed E-state index contributed by atoms with van der Waals surface area (Å²) >= 11 is 0. The van der Waals surface area contributed by atoms with Crippen molar-refractivity contribution in [1.82, 2.24) is 25.4 Å². The molecule has 1 N–H and O–H groups in total. The number of aromatic nitrogens is 4. The molecule has 26 heavy (non-hydrogen) atoms. The fourth-order valence-electron chi connectivity index (χ4n) is 2.80. The van der Waals surface area contributed by atoms with Crippen molar-refractivity contribution in [3.05, 3.63) is 35.9 Å². The highest BCUT2D eigenvalue weighted by Gasteiger charge is 2.27. The Morgan fingerprint density at radius 1 is 1.27 bits per heavy atom. The van der Waals surface area contributed by atoms with E-state index in [9.17, 15) is 4.79 Å². The van der Waals surface area contributed by atoms with E-state index in [0.717, 1.165) is 5.56 Å². The summed E-state index contributed by atoms with van der Waals surface area (Å²) in [5.41, 5.74) is 5.96. The summed E-state index contributed by atoms with van der Waals surface area (Å²) in [6.45, 7) is 4.58. The van der Waals surface area contributed by atoms with Crippen molar-refractivity contribution in [2.24, 2.45) is 0 Å². The molecule has 0 amide bonds. The number of aryl methyl sites for hydroxylation is 1. The van der Waals surface area contributed by atoms with Gasteiger partial charge in [0.25, 0.3) is 0 Å². The number of nitrogens with one attached hydrogen (secondary N) is 1. The zero-order valence-corrected chi connectivity index (χ0v) is 15.4. The minimum Gasteiger partial charge on any atom is -0.462 e. The van der Waals surface area contributed by atoms with Crippen LogP contribution in [0.1, 0.15) is 24.2 Å². The second kappa shape index (κ2) is 7.49. The van der Waals surface area contributed by atoms with Gasteiger partial charge in [-0.1, -0.05) is 35.5 Å². The Morgan fingerprint density at radius 3 is 2.62 bits per heavy atom. The van der Waals surface area contributed by atoms with Crippen LogP contribution in [0.25, 0.3) is 22.3 Å². The van der Waals surface area contributed by atoms with E-state index < -0.39 is 5.97 Å². The average Bonchev–Trinajstić information content (AvgIpc) is 3.10. The monoisotopic (exact) mass is 354 g/mol. The molecule has 2 heterocycles. The number of pyridine rings is 1. The first kappa shape index (κ1) is 17.8. The van der Waals surface area contributed by atoms with E-state index >= 15 is 0 Å². The molecular formula is C18H22N6O2. The molecule has 2 aromatic heterocycles. The summed E-state index contributed by atoms with van der Waals surface area (Å²) in [7, 11) is 3.63. The van der Waals surface area contributed by atoms with Gasteiger partial charge >= 0.3 is 5.97 Å². The van der Waals surface area contributed by atoms with Crippen LogP contribution in [0, 0.1) is 0 Å². The lowest BCUT2D eigenvalue weighted by Gasteiger charge is -2.19. The zero-order chi connectivity index (χ0) is 18.7. The Hall–Kier alpha value is -3.00. The number of esters is 1. The molecule has 0 spiro atoms. The van der Waals surface area contributed by atoms with E-state index in [1.54, 1.807) is 23.7 Å². The minimum absolute atomic E-state index is 0.278. The van der Waals surface area contributed by atoms with Crippen LogP contribution in [-0.4, -0.2) is 46.6 Å². The van der Waals surface area contributed by atoms with Crippen molar-refractivity contribution in [2.75, 3.05) is 25.7 Å². The molecule has 136 valence electrons. The zero-order valence-electron chi connectivity index (χ0n) is 15.4. The lowest BCUT2D eigenvalue weighted by molar-refractivity contribution is 0.0528. The summed E-state index contributed by atoms with van der Waals surface area (Å²) in [6.07, 6.45) is 0. The number of hydrazine groups is 1. The molecule has 0 aliphatic rings. The molecule has 3 rings (SSSR count). The third kappa shape index (κ3) is 2.99. The third-order valence-corrected chi connectivity index (χ3v) is 4.12. The summed E-state index contributed by atoms with van der Waals surface area (Å²) in [6, 6.07) is 9.57. The highest BCUT2D eigenvalue weighted by molar-refractivity contribution is 6.09. The number of ether oxygens (including phenoxy) is 1. The number of hydrogen-bond donors (Lipinski definition) is 1. The summed E-state index contributed by atoms with van der Waals surface area (Å²) in [5.74, 6) is 0.161. The summed E-state index contributed by atoms with van der Waals surface area (Å²) < 4.78 is 7.01. The van der Waals surface area contributed by atoms with E-state index in [1.165, 1.54) is 0 Å². The van der Waals surface area contributed by atoms with Crippen molar-refractivity contribution in [2.45, 2.75) is 20.4 Å². The van der Waals surface area contributed by atoms with Crippen LogP contribution in [0.5, 0.6) is 0 Å². The number of carbonyl (C=O) groups excluding carboxylic acids is 1. The lowest BCUT2D eigenvalue weighted by Crippen LogP contribution is -2.31. The van der Waals surface area contributed by atoms with E-state index in [1.807, 2.05) is 44.3 Å². The molecule has 0 atom stereocenters. The van der Waals surface area contributed by atoms with Gasteiger partial charge < -0.3 is 4.74 Å². The van der Waals surface area contributed by atoms with Crippen LogP contribution in [0.2, 0.25) is 0 Å². The number of anilines is 1. The molecule has 0 aliphatic carbocycles. The molecule has 0 fully saturated rings. The number of rotatable bonds is 6. The van der Waals surface area contributed by atoms with Gasteiger partial charge in [-0.25, -0.2) is 19.9 Å². The molecule has 0 saturated heterocycles. The van der Waals surface area contributed by atoms with Crippen molar-refractivity contribution in [3.8, 4) is 11.3 Å². The molecule has 0 bridgehead atoms. The molecule has 3 aromatic rings. The van der Waals surface area contributed by atoms with Gasteiger partial charge in [0, 0.05) is 26.2 Å². The first-order chi connectivity index (χ1) is 12.6. The standard InChI is InChI=1S/C18H22N6O2/c1-5-24-16-13(18(25)26-6-2)14(12-10-8-7-9-11-12)20-17(23(4)19-3)15(16)21-22-24/h7-11,19H,5-6H2,1-4H3. The predicted octanol–water partition coefficient (Wildman–Crippen LogP) is 2.26. The Labute approximate surface area is 151 Å². The van der Waals surface area contributed by atoms with Crippen LogP contribution in [0.4, 0.5) is 5.82 Å². The Kier molecular flexibility index (Phi) is 5.13. The highest BCUT2D eigenvalue weighted by atomic mass is 16.5. The van der Waals surface area contributed by atoms with Crippen LogP contribution < -0.4 is 10.4 Å². The fourth-order valence-corrected chi connectivity index (χ4v) is 2.80. The van der Waals surface area contributed by atoms with Gasteiger partial charge in [0.15, 0.2) is 11.3 Å². The molecule has 1 aromatic carbocycles. The Balaban J connectivity index is 2.42. The van der Waals surface area contributed by atoms with Gasteiger partial charge in [-0.3, -0.25) is 5.01 Å². The molecule has 0 aliphatic heterocycles. The van der Waals surface area contributed by atoms with Gasteiger partial charge in [-0.2, -0.15) is 0 Å². The van der Waals surface area contributed by atoms with Crippen molar-refractivity contribution < 1.29 is 9.53 Å². The van der Waals surface area contributed by atoms with Crippen LogP contribution in [0.15, 0.2) is 30.3 Å². The third-order valence-electron chi connectivity index (χ3n) is 4.12. The summed E-state index contributed by atoms with van der Waals surface area (Å²) in [4.78, 5) is 17.5. The second-order valence-corrected chi connectivity index (χ2v) is 5.63. The number of benzene rings is 1. The van der Waals surface area contributed by atoms with Gasteiger partial charge in [0.1, 0.15) is 11.1 Å².